The van der Waals surface area contributed by atoms with Crippen LogP contribution in [0.2, 0.25) is 0 Å². The van der Waals surface area contributed by atoms with Gasteiger partial charge < -0.3 is 9.72 Å². The van der Waals surface area contributed by atoms with Crippen molar-refractivity contribution in [3.05, 3.63) is 23.9 Å². The minimum atomic E-state index is -3.38. The zero-order valence-corrected chi connectivity index (χ0v) is 10.5. The molecule has 2 heterocycles. The fourth-order valence-corrected chi connectivity index (χ4v) is 1.97. The molecular weight excluding hydrogens is 258 g/mol. The minimum absolute atomic E-state index is 0.184. The summed E-state index contributed by atoms with van der Waals surface area (Å²) in [4.78, 5) is 18.1. The molecule has 0 atom stereocenters. The molecule has 2 rings (SSSR count). The van der Waals surface area contributed by atoms with Crippen LogP contribution in [0.4, 0.5) is 5.82 Å². The lowest BCUT2D eigenvalue weighted by atomic mass is 10.3. The van der Waals surface area contributed by atoms with Crippen LogP contribution in [0.15, 0.2) is 18.2 Å². The quantitative estimate of drug-likeness (QED) is 0.799. The molecule has 7 nitrogen and oxygen atoms in total. The molecule has 0 bridgehead atoms. The molecule has 0 saturated heterocycles. The Morgan fingerprint density at radius 3 is 2.78 bits per heavy atom. The molecule has 0 unspecified atom stereocenters. The summed E-state index contributed by atoms with van der Waals surface area (Å²) in [6.07, 6.45) is 1.04. The molecule has 0 aromatic carbocycles. The van der Waals surface area contributed by atoms with Crippen LogP contribution in [0.5, 0.6) is 0 Å². The zero-order valence-electron chi connectivity index (χ0n) is 9.72. The van der Waals surface area contributed by atoms with Crippen LogP contribution >= 0.6 is 0 Å². The second kappa shape index (κ2) is 4.30. The van der Waals surface area contributed by atoms with Crippen molar-refractivity contribution < 1.29 is 17.9 Å². The lowest BCUT2D eigenvalue weighted by Crippen LogP contribution is -2.10. The van der Waals surface area contributed by atoms with E-state index in [0.717, 1.165) is 6.26 Å². The van der Waals surface area contributed by atoms with Gasteiger partial charge in [-0.15, -0.1) is 0 Å². The number of nitrogens with zero attached hydrogens (tertiary/aromatic N) is 1. The van der Waals surface area contributed by atoms with Crippen LogP contribution in [-0.2, 0) is 14.8 Å². The predicted octanol–water partition coefficient (Wildman–Crippen LogP) is 0.721. The molecule has 0 aliphatic carbocycles. The Balaban J connectivity index is 2.42. The van der Waals surface area contributed by atoms with Gasteiger partial charge in [-0.3, -0.25) is 4.72 Å². The van der Waals surface area contributed by atoms with Crippen molar-refractivity contribution in [2.75, 3.05) is 18.1 Å². The summed E-state index contributed by atoms with van der Waals surface area (Å²) in [5.74, 6) is -0.325. The Morgan fingerprint density at radius 2 is 2.17 bits per heavy atom. The van der Waals surface area contributed by atoms with Gasteiger partial charge in [0.1, 0.15) is 17.2 Å². The van der Waals surface area contributed by atoms with Crippen molar-refractivity contribution in [3.63, 3.8) is 0 Å². The van der Waals surface area contributed by atoms with Crippen LogP contribution in [0.25, 0.3) is 11.0 Å². The fraction of sp³-hybridized carbons (Fsp3) is 0.200. The second-order valence-electron chi connectivity index (χ2n) is 3.68. The Hall–Kier alpha value is -2.09. The highest BCUT2D eigenvalue weighted by Crippen LogP contribution is 2.17. The first-order chi connectivity index (χ1) is 8.39. The average Bonchev–Trinajstić information content (AvgIpc) is 2.68. The number of hydrogen-bond acceptors (Lipinski definition) is 5. The van der Waals surface area contributed by atoms with Crippen LogP contribution in [0.3, 0.4) is 0 Å². The molecule has 0 saturated carbocycles. The second-order valence-corrected chi connectivity index (χ2v) is 5.43. The zero-order chi connectivity index (χ0) is 13.3. The molecule has 2 aromatic heterocycles. The number of H-pyrrole nitrogens is 1. The van der Waals surface area contributed by atoms with Crippen molar-refractivity contribution in [2.24, 2.45) is 0 Å². The van der Waals surface area contributed by atoms with Crippen LogP contribution in [0.1, 0.15) is 10.5 Å². The number of anilines is 1. The molecule has 0 spiro atoms. The van der Waals surface area contributed by atoms with Gasteiger partial charge in [0, 0.05) is 5.39 Å². The first-order valence-electron chi connectivity index (χ1n) is 4.95. The number of nitrogens with one attached hydrogen (secondary N) is 2. The number of pyridine rings is 1. The van der Waals surface area contributed by atoms with Crippen molar-refractivity contribution in [1.82, 2.24) is 9.97 Å². The summed E-state index contributed by atoms with van der Waals surface area (Å²) >= 11 is 0. The van der Waals surface area contributed by atoms with E-state index in [-0.39, 0.29) is 11.5 Å². The van der Waals surface area contributed by atoms with E-state index in [1.807, 2.05) is 0 Å². The molecule has 0 fully saturated rings. The molecule has 0 radical (unpaired) electrons. The molecule has 8 heteroatoms. The largest absolute Gasteiger partial charge is 0.464 e. The molecular formula is C10H11N3O4S. The number of aromatic amines is 1. The normalized spacial score (nSPS) is 11.4. The van der Waals surface area contributed by atoms with Gasteiger partial charge in [-0.25, -0.2) is 18.2 Å². The van der Waals surface area contributed by atoms with E-state index >= 15 is 0 Å². The number of methoxy groups -OCH3 is 1. The molecule has 96 valence electrons. The summed E-state index contributed by atoms with van der Waals surface area (Å²) in [6, 6.07) is 4.75. The number of sulfonamides is 1. The molecule has 2 aromatic rings. The number of rotatable bonds is 3. The maximum absolute atomic E-state index is 11.3. The van der Waals surface area contributed by atoms with Crippen LogP contribution in [-0.4, -0.2) is 37.7 Å². The van der Waals surface area contributed by atoms with Gasteiger partial charge in [0.2, 0.25) is 10.0 Å². The van der Waals surface area contributed by atoms with Gasteiger partial charge in [0.05, 0.1) is 13.4 Å². The summed E-state index contributed by atoms with van der Waals surface area (Å²) in [7, 11) is -2.10. The lowest BCUT2D eigenvalue weighted by molar-refractivity contribution is 0.0595. The maximum Gasteiger partial charge on any atom is 0.354 e. The summed E-state index contributed by atoms with van der Waals surface area (Å²) in [5.41, 5.74) is 0.667. The number of hydrogen-bond donors (Lipinski definition) is 2. The van der Waals surface area contributed by atoms with E-state index in [2.05, 4.69) is 19.4 Å². The smallest absolute Gasteiger partial charge is 0.354 e. The van der Waals surface area contributed by atoms with E-state index < -0.39 is 16.0 Å². The van der Waals surface area contributed by atoms with Gasteiger partial charge in [0.25, 0.3) is 0 Å². The third-order valence-electron chi connectivity index (χ3n) is 2.17. The van der Waals surface area contributed by atoms with E-state index in [1.165, 1.54) is 13.2 Å². The van der Waals surface area contributed by atoms with E-state index in [9.17, 15) is 13.2 Å². The van der Waals surface area contributed by atoms with Gasteiger partial charge in [-0.05, 0) is 18.2 Å². The van der Waals surface area contributed by atoms with Gasteiger partial charge >= 0.3 is 5.97 Å². The van der Waals surface area contributed by atoms with Crippen LogP contribution in [0, 0.1) is 0 Å². The van der Waals surface area contributed by atoms with Gasteiger partial charge in [-0.1, -0.05) is 0 Å². The van der Waals surface area contributed by atoms with Crippen molar-refractivity contribution in [3.8, 4) is 0 Å². The summed E-state index contributed by atoms with van der Waals surface area (Å²) in [6.45, 7) is 0. The number of carbonyl (C=O) groups excluding carboxylic acids is 1. The van der Waals surface area contributed by atoms with E-state index in [1.54, 1.807) is 12.1 Å². The Bertz CT molecular complexity index is 705. The molecule has 0 aliphatic heterocycles. The SMILES string of the molecule is COC(=O)c1cc2ccc(NS(C)(=O)=O)nc2[nH]1. The number of carbonyl (C=O) groups is 1. The van der Waals surface area contributed by atoms with Crippen molar-refractivity contribution >= 4 is 32.8 Å². The average molecular weight is 269 g/mol. The minimum Gasteiger partial charge on any atom is -0.464 e. The fourth-order valence-electron chi connectivity index (χ4n) is 1.47. The highest BCUT2D eigenvalue weighted by molar-refractivity contribution is 7.92. The van der Waals surface area contributed by atoms with E-state index in [4.69, 9.17) is 0 Å². The topological polar surface area (TPSA) is 101 Å². The standard InChI is InChI=1S/C10H11N3O4S/c1-17-10(14)7-5-6-3-4-8(12-9(6)11-7)13-18(2,15)16/h3-5H,1-2H3,(H2,11,12,13). The molecule has 0 amide bonds. The predicted molar refractivity (Wildman–Crippen MR) is 65.9 cm³/mol. The summed E-state index contributed by atoms with van der Waals surface area (Å²) < 4.78 is 28.9. The molecule has 2 N–H and O–H groups in total. The Kier molecular flexibility index (Phi) is 2.95. The first-order valence-corrected chi connectivity index (χ1v) is 6.84. The monoisotopic (exact) mass is 269 g/mol. The maximum atomic E-state index is 11.3. The van der Waals surface area contributed by atoms with Crippen molar-refractivity contribution in [2.45, 2.75) is 0 Å². The van der Waals surface area contributed by atoms with E-state index in [0.29, 0.717) is 11.0 Å². The van der Waals surface area contributed by atoms with Crippen molar-refractivity contribution in [1.29, 1.82) is 0 Å². The van der Waals surface area contributed by atoms with Gasteiger partial charge in [-0.2, -0.15) is 0 Å². The molecule has 0 aliphatic rings. The molecule has 18 heavy (non-hydrogen) atoms. The number of ether oxygens (including phenoxy) is 1. The third-order valence-corrected chi connectivity index (χ3v) is 2.75. The lowest BCUT2D eigenvalue weighted by Gasteiger charge is -2.01. The highest BCUT2D eigenvalue weighted by atomic mass is 32.2. The Labute approximate surface area is 103 Å². The number of fused-ring (bicyclic) bond motifs is 1. The Morgan fingerprint density at radius 1 is 1.44 bits per heavy atom. The summed E-state index contributed by atoms with van der Waals surface area (Å²) in [5, 5.41) is 0.689. The van der Waals surface area contributed by atoms with Gasteiger partial charge in [0.15, 0.2) is 0 Å². The number of aromatic nitrogens is 2. The number of esters is 1. The first kappa shape index (κ1) is 12.4. The highest BCUT2D eigenvalue weighted by Gasteiger charge is 2.11. The van der Waals surface area contributed by atoms with Crippen LogP contribution < -0.4 is 4.72 Å². The third kappa shape index (κ3) is 2.59.